The SMILES string of the molecule is C[C@](O)(CNC(=O)C1(c2cccnc2)CCCC1)c1ccc(F)cc1. The summed E-state index contributed by atoms with van der Waals surface area (Å²) in [6.07, 6.45) is 7.01. The second-order valence-electron chi connectivity index (χ2n) is 6.99. The van der Waals surface area contributed by atoms with Crippen molar-refractivity contribution in [2.24, 2.45) is 0 Å². The highest BCUT2D eigenvalue weighted by atomic mass is 19.1. The number of rotatable bonds is 5. The molecule has 1 aliphatic rings. The first kappa shape index (κ1) is 17.5. The number of halogens is 1. The summed E-state index contributed by atoms with van der Waals surface area (Å²) in [7, 11) is 0. The number of nitrogens with zero attached hydrogens (tertiary/aromatic N) is 1. The van der Waals surface area contributed by atoms with E-state index in [1.807, 2.05) is 12.1 Å². The van der Waals surface area contributed by atoms with E-state index in [4.69, 9.17) is 0 Å². The Kier molecular flexibility index (Phi) is 4.86. The third kappa shape index (κ3) is 3.56. The van der Waals surface area contributed by atoms with Crippen LogP contribution in [0.4, 0.5) is 4.39 Å². The van der Waals surface area contributed by atoms with Crippen molar-refractivity contribution in [3.05, 3.63) is 65.7 Å². The number of aromatic nitrogens is 1. The maximum absolute atomic E-state index is 13.1. The van der Waals surface area contributed by atoms with E-state index in [-0.39, 0.29) is 18.3 Å². The molecule has 0 unspecified atom stereocenters. The van der Waals surface area contributed by atoms with E-state index in [0.29, 0.717) is 5.56 Å². The summed E-state index contributed by atoms with van der Waals surface area (Å²) in [6.45, 7) is 1.69. The fourth-order valence-corrected chi connectivity index (χ4v) is 3.60. The first-order valence-electron chi connectivity index (χ1n) is 8.61. The Morgan fingerprint density at radius 3 is 2.56 bits per heavy atom. The van der Waals surface area contributed by atoms with Gasteiger partial charge in [-0.2, -0.15) is 0 Å². The lowest BCUT2D eigenvalue weighted by Crippen LogP contribution is -2.47. The quantitative estimate of drug-likeness (QED) is 0.878. The zero-order chi connectivity index (χ0) is 17.9. The fraction of sp³-hybridized carbons (Fsp3) is 0.400. The third-order valence-corrected chi connectivity index (χ3v) is 5.17. The van der Waals surface area contributed by atoms with Crippen LogP contribution in [0.5, 0.6) is 0 Å². The van der Waals surface area contributed by atoms with Gasteiger partial charge in [-0.3, -0.25) is 9.78 Å². The van der Waals surface area contributed by atoms with Gasteiger partial charge in [0.15, 0.2) is 0 Å². The zero-order valence-electron chi connectivity index (χ0n) is 14.3. The van der Waals surface area contributed by atoms with Gasteiger partial charge in [-0.05, 0) is 49.1 Å². The molecule has 0 radical (unpaired) electrons. The van der Waals surface area contributed by atoms with Crippen LogP contribution < -0.4 is 5.32 Å². The van der Waals surface area contributed by atoms with Crippen LogP contribution in [0.25, 0.3) is 0 Å². The molecule has 1 aromatic heterocycles. The number of amides is 1. The number of pyridine rings is 1. The molecule has 1 aromatic carbocycles. The van der Waals surface area contributed by atoms with Crippen molar-refractivity contribution in [3.8, 4) is 0 Å². The van der Waals surface area contributed by atoms with Gasteiger partial charge >= 0.3 is 0 Å². The number of hydrogen-bond donors (Lipinski definition) is 2. The van der Waals surface area contributed by atoms with Crippen molar-refractivity contribution in [3.63, 3.8) is 0 Å². The van der Waals surface area contributed by atoms with Gasteiger partial charge in [0.2, 0.25) is 5.91 Å². The van der Waals surface area contributed by atoms with E-state index in [1.54, 1.807) is 19.3 Å². The van der Waals surface area contributed by atoms with Crippen LogP contribution in [0, 0.1) is 5.82 Å². The molecular weight excluding hydrogens is 319 g/mol. The largest absolute Gasteiger partial charge is 0.384 e. The van der Waals surface area contributed by atoms with Crippen LogP contribution in [-0.4, -0.2) is 22.5 Å². The smallest absolute Gasteiger partial charge is 0.230 e. The van der Waals surface area contributed by atoms with E-state index in [0.717, 1.165) is 31.2 Å². The molecule has 5 heteroatoms. The summed E-state index contributed by atoms with van der Waals surface area (Å²) >= 11 is 0. The molecule has 0 spiro atoms. The highest BCUT2D eigenvalue weighted by molar-refractivity contribution is 5.88. The molecule has 1 atom stereocenters. The number of benzene rings is 1. The van der Waals surface area contributed by atoms with Crippen molar-refractivity contribution in [2.75, 3.05) is 6.54 Å². The number of carbonyl (C=O) groups excluding carboxylic acids is 1. The minimum atomic E-state index is -1.27. The fourth-order valence-electron chi connectivity index (χ4n) is 3.60. The second-order valence-corrected chi connectivity index (χ2v) is 6.99. The number of carbonyl (C=O) groups is 1. The molecule has 1 aliphatic carbocycles. The molecule has 0 bridgehead atoms. The van der Waals surface area contributed by atoms with Gasteiger partial charge in [-0.1, -0.05) is 31.0 Å². The van der Waals surface area contributed by atoms with E-state index >= 15 is 0 Å². The molecule has 2 aromatic rings. The summed E-state index contributed by atoms with van der Waals surface area (Å²) in [5.41, 5.74) is -0.354. The predicted molar refractivity (Wildman–Crippen MR) is 93.4 cm³/mol. The maximum Gasteiger partial charge on any atom is 0.230 e. The summed E-state index contributed by atoms with van der Waals surface area (Å²) in [5, 5.41) is 13.6. The monoisotopic (exact) mass is 342 g/mol. The Bertz CT molecular complexity index is 723. The van der Waals surface area contributed by atoms with Gasteiger partial charge in [0, 0.05) is 12.4 Å². The van der Waals surface area contributed by atoms with Crippen molar-refractivity contribution < 1.29 is 14.3 Å². The van der Waals surface area contributed by atoms with Crippen LogP contribution in [0.3, 0.4) is 0 Å². The van der Waals surface area contributed by atoms with Crippen LogP contribution in [0.15, 0.2) is 48.8 Å². The van der Waals surface area contributed by atoms with Crippen molar-refractivity contribution in [1.29, 1.82) is 0 Å². The van der Waals surface area contributed by atoms with Gasteiger partial charge < -0.3 is 10.4 Å². The molecule has 25 heavy (non-hydrogen) atoms. The summed E-state index contributed by atoms with van der Waals surface area (Å²) < 4.78 is 13.1. The molecule has 1 saturated carbocycles. The minimum Gasteiger partial charge on any atom is -0.384 e. The van der Waals surface area contributed by atoms with E-state index in [1.165, 1.54) is 24.3 Å². The second kappa shape index (κ2) is 6.92. The Morgan fingerprint density at radius 1 is 1.28 bits per heavy atom. The zero-order valence-corrected chi connectivity index (χ0v) is 14.3. The third-order valence-electron chi connectivity index (χ3n) is 5.17. The van der Waals surface area contributed by atoms with Crippen LogP contribution in [0.2, 0.25) is 0 Å². The minimum absolute atomic E-state index is 0.0689. The predicted octanol–water partition coefficient (Wildman–Crippen LogP) is 3.06. The summed E-state index contributed by atoms with van der Waals surface area (Å²) in [6, 6.07) is 9.47. The highest BCUT2D eigenvalue weighted by Gasteiger charge is 2.43. The van der Waals surface area contributed by atoms with Gasteiger partial charge in [0.1, 0.15) is 11.4 Å². The Balaban J connectivity index is 1.75. The lowest BCUT2D eigenvalue weighted by molar-refractivity contribution is -0.127. The van der Waals surface area contributed by atoms with Crippen molar-refractivity contribution in [2.45, 2.75) is 43.6 Å². The van der Waals surface area contributed by atoms with E-state index < -0.39 is 11.0 Å². The molecule has 4 nitrogen and oxygen atoms in total. The molecule has 1 heterocycles. The Morgan fingerprint density at radius 2 is 1.96 bits per heavy atom. The lowest BCUT2D eigenvalue weighted by Gasteiger charge is -2.31. The van der Waals surface area contributed by atoms with Crippen molar-refractivity contribution >= 4 is 5.91 Å². The first-order chi connectivity index (χ1) is 11.9. The summed E-state index contributed by atoms with van der Waals surface area (Å²) in [4.78, 5) is 17.1. The Labute approximate surface area is 147 Å². The van der Waals surface area contributed by atoms with Crippen LogP contribution in [0.1, 0.15) is 43.7 Å². The number of hydrogen-bond acceptors (Lipinski definition) is 3. The molecular formula is C20H23FN2O2. The number of nitrogens with one attached hydrogen (secondary N) is 1. The molecule has 1 amide bonds. The molecule has 3 rings (SSSR count). The molecule has 132 valence electrons. The summed E-state index contributed by atoms with van der Waals surface area (Å²) in [5.74, 6) is -0.439. The molecule has 1 fully saturated rings. The Hall–Kier alpha value is -2.27. The standard InChI is InChI=1S/C20H23FN2O2/c1-19(25,15-6-8-17(21)9-7-15)14-23-18(24)20(10-2-3-11-20)16-5-4-12-22-13-16/h4-9,12-13,25H,2-3,10-11,14H2,1H3,(H,23,24)/t19-/m0/s1. The van der Waals surface area contributed by atoms with Crippen LogP contribution >= 0.6 is 0 Å². The number of aliphatic hydroxyl groups is 1. The van der Waals surface area contributed by atoms with Gasteiger partial charge in [0.25, 0.3) is 0 Å². The molecule has 0 aliphatic heterocycles. The van der Waals surface area contributed by atoms with Gasteiger partial charge in [-0.25, -0.2) is 4.39 Å². The first-order valence-corrected chi connectivity index (χ1v) is 8.61. The normalized spacial score (nSPS) is 18.5. The topological polar surface area (TPSA) is 62.2 Å². The average Bonchev–Trinajstić information content (AvgIpc) is 3.12. The van der Waals surface area contributed by atoms with E-state index in [9.17, 15) is 14.3 Å². The lowest BCUT2D eigenvalue weighted by atomic mass is 9.78. The molecule has 2 N–H and O–H groups in total. The van der Waals surface area contributed by atoms with Crippen molar-refractivity contribution in [1.82, 2.24) is 10.3 Å². The average molecular weight is 342 g/mol. The molecule has 0 saturated heterocycles. The van der Waals surface area contributed by atoms with Crippen LogP contribution in [-0.2, 0) is 15.8 Å². The van der Waals surface area contributed by atoms with E-state index in [2.05, 4.69) is 10.3 Å². The van der Waals surface area contributed by atoms with Gasteiger partial charge in [0.05, 0.1) is 12.0 Å². The maximum atomic E-state index is 13.1. The van der Waals surface area contributed by atoms with Gasteiger partial charge in [-0.15, -0.1) is 0 Å². The highest BCUT2D eigenvalue weighted by Crippen LogP contribution is 2.41.